The highest BCUT2D eigenvalue weighted by molar-refractivity contribution is 9.09. The molecule has 0 unspecified atom stereocenters. The molecule has 0 radical (unpaired) electrons. The SMILES string of the molecule is CCn1c(=O)oc2cc(C(=O)CBr)ccc21. The molecular formula is C11H10BrNO3. The summed E-state index contributed by atoms with van der Waals surface area (Å²) in [6.45, 7) is 2.42. The second-order valence-electron chi connectivity index (χ2n) is 3.35. The van der Waals surface area contributed by atoms with Crippen molar-refractivity contribution < 1.29 is 9.21 Å². The summed E-state index contributed by atoms with van der Waals surface area (Å²) in [5, 5.41) is 0.261. The van der Waals surface area contributed by atoms with Crippen LogP contribution >= 0.6 is 15.9 Å². The summed E-state index contributed by atoms with van der Waals surface area (Å²) in [6, 6.07) is 5.04. The number of Topliss-reactive ketones (excluding diaryl/α,β-unsaturated/α-hetero) is 1. The van der Waals surface area contributed by atoms with Crippen molar-refractivity contribution in [3.63, 3.8) is 0 Å². The molecule has 0 saturated heterocycles. The number of hydrogen-bond donors (Lipinski definition) is 0. The normalized spacial score (nSPS) is 10.9. The van der Waals surface area contributed by atoms with Crippen LogP contribution in [0.3, 0.4) is 0 Å². The molecule has 0 aliphatic carbocycles. The van der Waals surface area contributed by atoms with Crippen LogP contribution in [0.4, 0.5) is 0 Å². The van der Waals surface area contributed by atoms with Gasteiger partial charge in [0.15, 0.2) is 11.4 Å². The summed E-state index contributed by atoms with van der Waals surface area (Å²) >= 11 is 3.10. The molecule has 0 atom stereocenters. The molecule has 1 aromatic carbocycles. The van der Waals surface area contributed by atoms with Gasteiger partial charge in [-0.2, -0.15) is 0 Å². The number of aryl methyl sites for hydroxylation is 1. The summed E-state index contributed by atoms with van der Waals surface area (Å²) in [7, 11) is 0. The van der Waals surface area contributed by atoms with Gasteiger partial charge in [-0.05, 0) is 25.1 Å². The number of rotatable bonds is 3. The molecule has 0 bridgehead atoms. The fraction of sp³-hybridized carbons (Fsp3) is 0.273. The molecule has 0 fully saturated rings. The Morgan fingerprint density at radius 3 is 2.88 bits per heavy atom. The highest BCUT2D eigenvalue weighted by Crippen LogP contribution is 2.15. The Morgan fingerprint density at radius 2 is 2.25 bits per heavy atom. The Kier molecular flexibility index (Phi) is 2.96. The standard InChI is InChI=1S/C11H10BrNO3/c1-2-13-8-4-3-7(9(14)6-12)5-10(8)16-11(13)15/h3-5H,2,6H2,1H3. The number of carbonyl (C=O) groups is 1. The molecular weight excluding hydrogens is 274 g/mol. The summed E-state index contributed by atoms with van der Waals surface area (Å²) < 4.78 is 6.59. The second-order valence-corrected chi connectivity index (χ2v) is 3.91. The Bertz CT molecular complexity index is 597. The van der Waals surface area contributed by atoms with Crippen molar-refractivity contribution in [2.45, 2.75) is 13.5 Å². The molecule has 5 heteroatoms. The first-order valence-electron chi connectivity index (χ1n) is 4.90. The van der Waals surface area contributed by atoms with Crippen LogP contribution in [-0.4, -0.2) is 15.7 Å². The van der Waals surface area contributed by atoms with Crippen molar-refractivity contribution in [1.29, 1.82) is 0 Å². The summed E-state index contributed by atoms with van der Waals surface area (Å²) in [5.74, 6) is -0.422. The van der Waals surface area contributed by atoms with Crippen LogP contribution < -0.4 is 5.76 Å². The predicted octanol–water partition coefficient (Wildman–Crippen LogP) is 2.19. The van der Waals surface area contributed by atoms with E-state index in [0.29, 0.717) is 17.7 Å². The topological polar surface area (TPSA) is 52.2 Å². The lowest BCUT2D eigenvalue weighted by molar-refractivity contribution is 0.102. The summed E-state index contributed by atoms with van der Waals surface area (Å²) in [6.07, 6.45) is 0. The zero-order valence-electron chi connectivity index (χ0n) is 8.70. The van der Waals surface area contributed by atoms with E-state index in [9.17, 15) is 9.59 Å². The molecule has 0 aliphatic rings. The largest absolute Gasteiger partial charge is 0.419 e. The number of oxazole rings is 1. The zero-order chi connectivity index (χ0) is 11.7. The van der Waals surface area contributed by atoms with E-state index >= 15 is 0 Å². The maximum atomic E-state index is 11.4. The third-order valence-electron chi connectivity index (χ3n) is 2.43. The molecule has 1 heterocycles. The summed E-state index contributed by atoms with van der Waals surface area (Å²) in [5.41, 5.74) is 1.72. The Morgan fingerprint density at radius 1 is 1.50 bits per heavy atom. The smallest absolute Gasteiger partial charge is 0.408 e. The Hall–Kier alpha value is -1.36. The van der Waals surface area contributed by atoms with Crippen LogP contribution in [0.5, 0.6) is 0 Å². The lowest BCUT2D eigenvalue weighted by atomic mass is 10.1. The van der Waals surface area contributed by atoms with E-state index in [-0.39, 0.29) is 16.9 Å². The molecule has 4 nitrogen and oxygen atoms in total. The minimum atomic E-state index is -0.388. The van der Waals surface area contributed by atoms with Crippen LogP contribution in [0.15, 0.2) is 27.4 Å². The number of benzene rings is 1. The van der Waals surface area contributed by atoms with Gasteiger partial charge in [0.2, 0.25) is 0 Å². The van der Waals surface area contributed by atoms with Crippen LogP contribution in [0.25, 0.3) is 11.1 Å². The first-order chi connectivity index (χ1) is 7.67. The minimum Gasteiger partial charge on any atom is -0.408 e. The third-order valence-corrected chi connectivity index (χ3v) is 2.94. The fourth-order valence-corrected chi connectivity index (χ4v) is 1.94. The van der Waals surface area contributed by atoms with Crippen molar-refractivity contribution in [3.05, 3.63) is 34.3 Å². The number of aromatic nitrogens is 1. The highest BCUT2D eigenvalue weighted by Gasteiger charge is 2.10. The van der Waals surface area contributed by atoms with Gasteiger partial charge in [-0.1, -0.05) is 15.9 Å². The van der Waals surface area contributed by atoms with Crippen molar-refractivity contribution in [2.75, 3.05) is 5.33 Å². The fourth-order valence-electron chi connectivity index (χ4n) is 1.62. The highest BCUT2D eigenvalue weighted by atomic mass is 79.9. The van der Waals surface area contributed by atoms with Crippen LogP contribution in [0.1, 0.15) is 17.3 Å². The van der Waals surface area contributed by atoms with Gasteiger partial charge in [-0.25, -0.2) is 4.79 Å². The zero-order valence-corrected chi connectivity index (χ0v) is 10.3. The average Bonchev–Trinajstić information content (AvgIpc) is 2.62. The van der Waals surface area contributed by atoms with E-state index in [1.54, 1.807) is 18.2 Å². The second kappa shape index (κ2) is 4.25. The average molecular weight is 284 g/mol. The molecule has 0 N–H and O–H groups in total. The monoisotopic (exact) mass is 283 g/mol. The van der Waals surface area contributed by atoms with Crippen LogP contribution in [0, 0.1) is 0 Å². The number of ketones is 1. The van der Waals surface area contributed by atoms with Crippen LogP contribution in [-0.2, 0) is 6.54 Å². The maximum Gasteiger partial charge on any atom is 0.419 e. The van der Waals surface area contributed by atoms with Gasteiger partial charge in [0, 0.05) is 12.1 Å². The number of alkyl halides is 1. The number of carbonyl (C=O) groups excluding carboxylic acids is 1. The predicted molar refractivity (Wildman–Crippen MR) is 64.3 cm³/mol. The Balaban J connectivity index is 2.65. The van der Waals surface area contributed by atoms with Gasteiger partial charge in [-0.15, -0.1) is 0 Å². The van der Waals surface area contributed by atoms with Gasteiger partial charge in [-0.3, -0.25) is 9.36 Å². The van der Waals surface area contributed by atoms with E-state index in [2.05, 4.69) is 15.9 Å². The lowest BCUT2D eigenvalue weighted by Gasteiger charge is -1.98. The molecule has 0 saturated carbocycles. The first-order valence-corrected chi connectivity index (χ1v) is 6.02. The molecule has 84 valence electrons. The maximum absolute atomic E-state index is 11.4. The number of nitrogens with zero attached hydrogens (tertiary/aromatic N) is 1. The van der Waals surface area contributed by atoms with E-state index in [1.807, 2.05) is 6.92 Å². The van der Waals surface area contributed by atoms with Crippen LogP contribution in [0.2, 0.25) is 0 Å². The van der Waals surface area contributed by atoms with E-state index in [4.69, 9.17) is 4.42 Å². The van der Waals surface area contributed by atoms with E-state index in [1.165, 1.54) is 4.57 Å². The molecule has 0 spiro atoms. The van der Waals surface area contributed by atoms with E-state index < -0.39 is 0 Å². The van der Waals surface area contributed by atoms with Crippen molar-refractivity contribution in [1.82, 2.24) is 4.57 Å². The molecule has 0 amide bonds. The van der Waals surface area contributed by atoms with Crippen molar-refractivity contribution in [3.8, 4) is 0 Å². The quantitative estimate of drug-likeness (QED) is 0.641. The lowest BCUT2D eigenvalue weighted by Crippen LogP contribution is -2.11. The first kappa shape index (κ1) is 11.1. The van der Waals surface area contributed by atoms with Gasteiger partial charge in [0.25, 0.3) is 0 Å². The molecule has 0 aliphatic heterocycles. The van der Waals surface area contributed by atoms with Gasteiger partial charge < -0.3 is 4.42 Å². The minimum absolute atomic E-state index is 0.0335. The van der Waals surface area contributed by atoms with Gasteiger partial charge >= 0.3 is 5.76 Å². The van der Waals surface area contributed by atoms with Crippen molar-refractivity contribution in [2.24, 2.45) is 0 Å². The molecule has 1 aromatic heterocycles. The number of hydrogen-bond acceptors (Lipinski definition) is 3. The molecule has 2 aromatic rings. The van der Waals surface area contributed by atoms with Gasteiger partial charge in [0.05, 0.1) is 10.8 Å². The van der Waals surface area contributed by atoms with Crippen molar-refractivity contribution >= 4 is 32.8 Å². The Labute approximate surface area is 100.0 Å². The molecule has 16 heavy (non-hydrogen) atoms. The summed E-state index contributed by atoms with van der Waals surface area (Å²) in [4.78, 5) is 22.9. The number of halogens is 1. The number of fused-ring (bicyclic) bond motifs is 1. The molecule has 2 rings (SSSR count). The third kappa shape index (κ3) is 1.71. The van der Waals surface area contributed by atoms with E-state index in [0.717, 1.165) is 5.52 Å². The van der Waals surface area contributed by atoms with Gasteiger partial charge in [0.1, 0.15) is 0 Å².